The van der Waals surface area contributed by atoms with E-state index in [4.69, 9.17) is 0 Å². The van der Waals surface area contributed by atoms with Gasteiger partial charge in [-0.1, -0.05) is 0 Å². The first kappa shape index (κ1) is 24.0. The van der Waals surface area contributed by atoms with Crippen LogP contribution in [-0.2, 0) is 15.7 Å². The molecule has 1 fully saturated rings. The number of nitro groups is 1. The van der Waals surface area contributed by atoms with Crippen molar-refractivity contribution in [1.82, 2.24) is 0 Å². The number of piperidine rings is 1. The standard InChI is InChI=1S/C21H19F4N3O5/c1-33-20(30)15-11-14(3-4-16(15)22)26-19(29)12-6-8-27(9-7-12)17-5-2-13(21(23,24)25)10-18(17)28(31)32/h2-5,10-12H,6-9H2,1H3,(H,26,29). The monoisotopic (exact) mass is 469 g/mol. The number of rotatable bonds is 5. The maximum absolute atomic E-state index is 13.8. The van der Waals surface area contributed by atoms with Crippen LogP contribution in [0, 0.1) is 21.8 Å². The van der Waals surface area contributed by atoms with Gasteiger partial charge in [0.05, 0.1) is 23.2 Å². The average Bonchev–Trinajstić information content (AvgIpc) is 2.78. The predicted octanol–water partition coefficient (Wildman–Crippen LogP) is 4.39. The van der Waals surface area contributed by atoms with Gasteiger partial charge in [-0.05, 0) is 43.2 Å². The van der Waals surface area contributed by atoms with Crippen LogP contribution < -0.4 is 10.2 Å². The van der Waals surface area contributed by atoms with E-state index in [1.54, 1.807) is 4.90 Å². The van der Waals surface area contributed by atoms with E-state index < -0.39 is 40.1 Å². The number of alkyl halides is 3. The van der Waals surface area contributed by atoms with E-state index in [0.29, 0.717) is 6.07 Å². The maximum atomic E-state index is 13.8. The van der Waals surface area contributed by atoms with Crippen LogP contribution in [0.2, 0.25) is 0 Å². The van der Waals surface area contributed by atoms with Crippen molar-refractivity contribution in [1.29, 1.82) is 0 Å². The van der Waals surface area contributed by atoms with Crippen molar-refractivity contribution in [3.63, 3.8) is 0 Å². The Morgan fingerprint density at radius 2 is 1.82 bits per heavy atom. The maximum Gasteiger partial charge on any atom is 0.416 e. The van der Waals surface area contributed by atoms with E-state index in [0.717, 1.165) is 31.4 Å². The molecule has 0 atom stereocenters. The van der Waals surface area contributed by atoms with Gasteiger partial charge in [-0.2, -0.15) is 13.2 Å². The van der Waals surface area contributed by atoms with Crippen molar-refractivity contribution in [2.45, 2.75) is 19.0 Å². The number of halogens is 4. The normalized spacial score (nSPS) is 14.6. The number of nitrogens with one attached hydrogen (secondary N) is 1. The molecule has 0 aliphatic carbocycles. The summed E-state index contributed by atoms with van der Waals surface area (Å²) in [5.41, 5.74) is -1.86. The molecule has 176 valence electrons. The molecule has 33 heavy (non-hydrogen) atoms. The minimum Gasteiger partial charge on any atom is -0.465 e. The van der Waals surface area contributed by atoms with Gasteiger partial charge in [-0.25, -0.2) is 9.18 Å². The quantitative estimate of drug-likeness (QED) is 0.302. The zero-order chi connectivity index (χ0) is 24.3. The highest BCUT2D eigenvalue weighted by molar-refractivity contribution is 5.95. The molecule has 0 unspecified atom stereocenters. The molecule has 1 N–H and O–H groups in total. The molecule has 8 nitrogen and oxygen atoms in total. The summed E-state index contributed by atoms with van der Waals surface area (Å²) in [5.74, 6) is -2.57. The van der Waals surface area contributed by atoms with Gasteiger partial charge in [-0.15, -0.1) is 0 Å². The first-order chi connectivity index (χ1) is 15.5. The Labute approximate surface area is 185 Å². The van der Waals surface area contributed by atoms with Gasteiger partial charge in [0.25, 0.3) is 5.69 Å². The summed E-state index contributed by atoms with van der Waals surface area (Å²) in [6, 6.07) is 5.82. The summed E-state index contributed by atoms with van der Waals surface area (Å²) in [6.45, 7) is 0.419. The highest BCUT2D eigenvalue weighted by Gasteiger charge is 2.35. The molecule has 2 aromatic carbocycles. The SMILES string of the molecule is COC(=O)c1cc(NC(=O)C2CCN(c3ccc(C(F)(F)F)cc3[N+](=O)[O-])CC2)ccc1F. The Balaban J connectivity index is 1.68. The van der Waals surface area contributed by atoms with E-state index in [9.17, 15) is 37.3 Å². The Kier molecular flexibility index (Phi) is 6.84. The molecule has 0 bridgehead atoms. The van der Waals surface area contributed by atoms with Crippen molar-refractivity contribution in [3.05, 3.63) is 63.5 Å². The number of anilines is 2. The molecule has 0 saturated carbocycles. The fourth-order valence-electron chi connectivity index (χ4n) is 3.61. The van der Waals surface area contributed by atoms with E-state index in [1.807, 2.05) is 0 Å². The summed E-state index contributed by atoms with van der Waals surface area (Å²) in [6.07, 6.45) is -4.13. The number of esters is 1. The zero-order valence-electron chi connectivity index (χ0n) is 17.3. The number of nitrogens with zero attached hydrogens (tertiary/aromatic N) is 2. The molecule has 1 saturated heterocycles. The molecular weight excluding hydrogens is 450 g/mol. The smallest absolute Gasteiger partial charge is 0.416 e. The lowest BCUT2D eigenvalue weighted by atomic mass is 9.95. The Bertz CT molecular complexity index is 1080. The number of hydrogen-bond acceptors (Lipinski definition) is 6. The van der Waals surface area contributed by atoms with Crippen LogP contribution in [0.1, 0.15) is 28.8 Å². The van der Waals surface area contributed by atoms with Crippen molar-refractivity contribution in [2.75, 3.05) is 30.4 Å². The van der Waals surface area contributed by atoms with Crippen molar-refractivity contribution in [3.8, 4) is 0 Å². The van der Waals surface area contributed by atoms with Crippen LogP contribution in [0.5, 0.6) is 0 Å². The Morgan fingerprint density at radius 3 is 2.39 bits per heavy atom. The van der Waals surface area contributed by atoms with Crippen LogP contribution in [0.15, 0.2) is 36.4 Å². The fraction of sp³-hybridized carbons (Fsp3) is 0.333. The molecule has 1 heterocycles. The summed E-state index contributed by atoms with van der Waals surface area (Å²) >= 11 is 0. The van der Waals surface area contributed by atoms with E-state index in [-0.39, 0.29) is 48.8 Å². The van der Waals surface area contributed by atoms with Crippen molar-refractivity contribution < 1.29 is 36.8 Å². The topological polar surface area (TPSA) is 102 Å². The number of carbonyl (C=O) groups excluding carboxylic acids is 2. The molecule has 2 aromatic rings. The molecule has 1 aliphatic heterocycles. The number of nitro benzene ring substituents is 1. The lowest BCUT2D eigenvalue weighted by molar-refractivity contribution is -0.384. The van der Waals surface area contributed by atoms with Gasteiger partial charge in [-0.3, -0.25) is 14.9 Å². The fourth-order valence-corrected chi connectivity index (χ4v) is 3.61. The van der Waals surface area contributed by atoms with Crippen LogP contribution in [-0.4, -0.2) is 37.0 Å². The molecule has 1 aliphatic rings. The minimum atomic E-state index is -4.71. The number of ether oxygens (including phenoxy) is 1. The Hall–Kier alpha value is -3.70. The van der Waals surface area contributed by atoms with Gasteiger partial charge >= 0.3 is 12.1 Å². The largest absolute Gasteiger partial charge is 0.465 e. The molecule has 12 heteroatoms. The molecule has 0 spiro atoms. The second-order valence-electron chi connectivity index (χ2n) is 7.40. The van der Waals surface area contributed by atoms with Gasteiger partial charge in [0, 0.05) is 30.8 Å². The van der Waals surface area contributed by atoms with E-state index >= 15 is 0 Å². The van der Waals surface area contributed by atoms with Crippen LogP contribution in [0.25, 0.3) is 0 Å². The lowest BCUT2D eigenvalue weighted by Crippen LogP contribution is -2.38. The van der Waals surface area contributed by atoms with Crippen molar-refractivity contribution >= 4 is 28.9 Å². The summed E-state index contributed by atoms with van der Waals surface area (Å²) in [4.78, 5) is 36.2. The average molecular weight is 469 g/mol. The third-order valence-corrected chi connectivity index (χ3v) is 5.35. The number of carbonyl (C=O) groups is 2. The molecule has 3 rings (SSSR count). The lowest BCUT2D eigenvalue weighted by Gasteiger charge is -2.32. The van der Waals surface area contributed by atoms with Crippen LogP contribution in [0.4, 0.5) is 34.6 Å². The third kappa shape index (κ3) is 5.38. The van der Waals surface area contributed by atoms with E-state index in [1.165, 1.54) is 6.07 Å². The second-order valence-corrected chi connectivity index (χ2v) is 7.40. The number of hydrogen-bond donors (Lipinski definition) is 1. The van der Waals surface area contributed by atoms with Gasteiger partial charge in [0.15, 0.2) is 0 Å². The van der Waals surface area contributed by atoms with Gasteiger partial charge in [0.2, 0.25) is 5.91 Å². The number of amides is 1. The molecule has 0 aromatic heterocycles. The molecule has 0 radical (unpaired) electrons. The van der Waals surface area contributed by atoms with Crippen LogP contribution >= 0.6 is 0 Å². The number of methoxy groups -OCH3 is 1. The van der Waals surface area contributed by atoms with Gasteiger partial charge < -0.3 is 15.0 Å². The van der Waals surface area contributed by atoms with Crippen LogP contribution in [0.3, 0.4) is 0 Å². The van der Waals surface area contributed by atoms with Crippen molar-refractivity contribution in [2.24, 2.45) is 5.92 Å². The second kappa shape index (κ2) is 9.43. The summed E-state index contributed by atoms with van der Waals surface area (Å²) in [7, 11) is 1.10. The van der Waals surface area contributed by atoms with E-state index in [2.05, 4.69) is 10.1 Å². The zero-order valence-corrected chi connectivity index (χ0v) is 17.3. The number of benzene rings is 2. The summed E-state index contributed by atoms with van der Waals surface area (Å²) in [5, 5.41) is 13.9. The van der Waals surface area contributed by atoms with Gasteiger partial charge in [0.1, 0.15) is 11.5 Å². The molecule has 1 amide bonds. The third-order valence-electron chi connectivity index (χ3n) is 5.35. The predicted molar refractivity (Wildman–Crippen MR) is 109 cm³/mol. The highest BCUT2D eigenvalue weighted by Crippen LogP contribution is 2.37. The first-order valence-corrected chi connectivity index (χ1v) is 9.80. The first-order valence-electron chi connectivity index (χ1n) is 9.80. The highest BCUT2D eigenvalue weighted by atomic mass is 19.4. The molecular formula is C21H19F4N3O5. The minimum absolute atomic E-state index is 0.0492. The summed E-state index contributed by atoms with van der Waals surface area (Å²) < 4.78 is 57.0. The Morgan fingerprint density at radius 1 is 1.15 bits per heavy atom.